The number of amides is 1. The van der Waals surface area contributed by atoms with Gasteiger partial charge in [0.05, 0.1) is 5.75 Å². The van der Waals surface area contributed by atoms with E-state index in [4.69, 9.17) is 0 Å². The zero-order chi connectivity index (χ0) is 12.4. The molecule has 0 N–H and O–H groups in total. The number of rotatable bonds is 3. The van der Waals surface area contributed by atoms with Crippen molar-refractivity contribution in [3.05, 3.63) is 24.4 Å². The maximum atomic E-state index is 11.9. The summed E-state index contributed by atoms with van der Waals surface area (Å²) in [5, 5.41) is 8.94. The summed E-state index contributed by atoms with van der Waals surface area (Å²) < 4.78 is 1.90. The van der Waals surface area contributed by atoms with Gasteiger partial charge in [-0.2, -0.15) is 0 Å². The van der Waals surface area contributed by atoms with Gasteiger partial charge in [0.1, 0.15) is 0 Å². The highest BCUT2D eigenvalue weighted by Crippen LogP contribution is 2.18. The Balaban J connectivity index is 1.67. The van der Waals surface area contributed by atoms with Crippen molar-refractivity contribution in [2.75, 3.05) is 18.8 Å². The number of thioether (sulfide) groups is 1. The van der Waals surface area contributed by atoms with E-state index in [-0.39, 0.29) is 5.91 Å². The molecule has 5 nitrogen and oxygen atoms in total. The van der Waals surface area contributed by atoms with E-state index in [9.17, 15) is 4.79 Å². The Hall–Kier alpha value is -1.56. The van der Waals surface area contributed by atoms with E-state index in [0.29, 0.717) is 5.75 Å². The summed E-state index contributed by atoms with van der Waals surface area (Å²) in [5.74, 6) is 0.639. The molecule has 0 bridgehead atoms. The summed E-state index contributed by atoms with van der Waals surface area (Å²) in [5.41, 5.74) is 0.814. The van der Waals surface area contributed by atoms with Crippen molar-refractivity contribution >= 4 is 23.3 Å². The molecule has 94 valence electrons. The largest absolute Gasteiger partial charge is 0.342 e. The van der Waals surface area contributed by atoms with E-state index in [1.54, 1.807) is 0 Å². The monoisotopic (exact) mass is 262 g/mol. The van der Waals surface area contributed by atoms with E-state index < -0.39 is 0 Å². The lowest BCUT2D eigenvalue weighted by Gasteiger charge is -2.14. The van der Waals surface area contributed by atoms with Crippen LogP contribution in [0.4, 0.5) is 0 Å². The number of pyridine rings is 1. The molecule has 1 fully saturated rings. The third-order valence-corrected chi connectivity index (χ3v) is 3.99. The van der Waals surface area contributed by atoms with Gasteiger partial charge in [-0.1, -0.05) is 17.8 Å². The summed E-state index contributed by atoms with van der Waals surface area (Å²) in [6.07, 6.45) is 4.17. The number of aromatic nitrogens is 3. The third kappa shape index (κ3) is 2.20. The SMILES string of the molecule is O=C(CSc1nnc2ccccn12)N1CCCC1. The van der Waals surface area contributed by atoms with Crippen molar-refractivity contribution < 1.29 is 4.79 Å². The van der Waals surface area contributed by atoms with Crippen molar-refractivity contribution in [3.8, 4) is 0 Å². The standard InChI is InChI=1S/C12H14N4OS/c17-11(15-6-3-4-7-15)9-18-12-14-13-10-5-1-2-8-16(10)12/h1-2,5,8H,3-4,6-7,9H2. The lowest BCUT2D eigenvalue weighted by molar-refractivity contribution is -0.127. The molecule has 18 heavy (non-hydrogen) atoms. The highest BCUT2D eigenvalue weighted by molar-refractivity contribution is 7.99. The van der Waals surface area contributed by atoms with Crippen LogP contribution in [0.5, 0.6) is 0 Å². The van der Waals surface area contributed by atoms with Gasteiger partial charge in [-0.15, -0.1) is 10.2 Å². The molecule has 6 heteroatoms. The minimum absolute atomic E-state index is 0.199. The molecular formula is C12H14N4OS. The molecular weight excluding hydrogens is 248 g/mol. The molecule has 1 saturated heterocycles. The molecule has 2 aromatic heterocycles. The van der Waals surface area contributed by atoms with E-state index in [1.807, 2.05) is 33.7 Å². The molecule has 0 aromatic carbocycles. The van der Waals surface area contributed by atoms with Gasteiger partial charge in [-0.3, -0.25) is 9.20 Å². The molecule has 0 radical (unpaired) electrons. The van der Waals surface area contributed by atoms with E-state index in [1.165, 1.54) is 11.8 Å². The van der Waals surface area contributed by atoms with Crippen LogP contribution in [-0.4, -0.2) is 44.2 Å². The first-order valence-electron chi connectivity index (χ1n) is 6.05. The Bertz CT molecular complexity index is 562. The fraction of sp³-hybridized carbons (Fsp3) is 0.417. The predicted molar refractivity (Wildman–Crippen MR) is 69.5 cm³/mol. The Morgan fingerprint density at radius 1 is 1.28 bits per heavy atom. The van der Waals surface area contributed by atoms with Crippen LogP contribution in [0.3, 0.4) is 0 Å². The Morgan fingerprint density at radius 2 is 2.11 bits per heavy atom. The van der Waals surface area contributed by atoms with Crippen LogP contribution in [0, 0.1) is 0 Å². The number of nitrogens with zero attached hydrogens (tertiary/aromatic N) is 4. The van der Waals surface area contributed by atoms with Gasteiger partial charge >= 0.3 is 0 Å². The van der Waals surface area contributed by atoms with Crippen LogP contribution >= 0.6 is 11.8 Å². The summed E-state index contributed by atoms with van der Waals surface area (Å²) >= 11 is 1.45. The van der Waals surface area contributed by atoms with E-state index in [0.717, 1.165) is 36.7 Å². The van der Waals surface area contributed by atoms with Crippen LogP contribution in [0.15, 0.2) is 29.6 Å². The summed E-state index contributed by atoms with van der Waals surface area (Å²) in [6.45, 7) is 1.81. The molecule has 3 rings (SSSR count). The number of hydrogen-bond donors (Lipinski definition) is 0. The fourth-order valence-corrected chi connectivity index (χ4v) is 2.93. The van der Waals surface area contributed by atoms with Gasteiger partial charge in [0.15, 0.2) is 10.8 Å². The number of fused-ring (bicyclic) bond motifs is 1. The maximum Gasteiger partial charge on any atom is 0.233 e. The summed E-state index contributed by atoms with van der Waals surface area (Å²) in [7, 11) is 0. The zero-order valence-electron chi connectivity index (χ0n) is 9.95. The number of carbonyl (C=O) groups is 1. The van der Waals surface area contributed by atoms with Crippen LogP contribution in [0.1, 0.15) is 12.8 Å². The van der Waals surface area contributed by atoms with Crippen molar-refractivity contribution in [2.45, 2.75) is 18.0 Å². The fourth-order valence-electron chi connectivity index (χ4n) is 2.10. The lowest BCUT2D eigenvalue weighted by atomic mass is 10.4. The van der Waals surface area contributed by atoms with Crippen molar-refractivity contribution in [2.24, 2.45) is 0 Å². The minimum Gasteiger partial charge on any atom is -0.342 e. The molecule has 0 aliphatic carbocycles. The number of carbonyl (C=O) groups excluding carboxylic acids is 1. The van der Waals surface area contributed by atoms with Gasteiger partial charge in [0, 0.05) is 19.3 Å². The Morgan fingerprint density at radius 3 is 2.94 bits per heavy atom. The second-order valence-corrected chi connectivity index (χ2v) is 5.23. The van der Waals surface area contributed by atoms with Crippen molar-refractivity contribution in [1.82, 2.24) is 19.5 Å². The second-order valence-electron chi connectivity index (χ2n) is 4.29. The van der Waals surface area contributed by atoms with Crippen LogP contribution in [-0.2, 0) is 4.79 Å². The third-order valence-electron chi connectivity index (χ3n) is 3.07. The molecule has 1 aliphatic rings. The van der Waals surface area contributed by atoms with Crippen molar-refractivity contribution in [3.63, 3.8) is 0 Å². The molecule has 3 heterocycles. The maximum absolute atomic E-state index is 11.9. The molecule has 0 unspecified atom stereocenters. The summed E-state index contributed by atoms with van der Waals surface area (Å²) in [4.78, 5) is 13.9. The predicted octanol–water partition coefficient (Wildman–Crippen LogP) is 1.44. The second kappa shape index (κ2) is 4.97. The smallest absolute Gasteiger partial charge is 0.233 e. The summed E-state index contributed by atoms with van der Waals surface area (Å²) in [6, 6.07) is 5.76. The molecule has 1 aliphatic heterocycles. The highest BCUT2D eigenvalue weighted by atomic mass is 32.2. The molecule has 1 amide bonds. The van der Waals surface area contributed by atoms with Crippen LogP contribution in [0.2, 0.25) is 0 Å². The Kier molecular flexibility index (Phi) is 3.19. The first kappa shape index (κ1) is 11.5. The average molecular weight is 262 g/mol. The molecule has 0 atom stereocenters. The van der Waals surface area contributed by atoms with Gasteiger partial charge in [0.25, 0.3) is 0 Å². The van der Waals surface area contributed by atoms with Crippen molar-refractivity contribution in [1.29, 1.82) is 0 Å². The average Bonchev–Trinajstić information content (AvgIpc) is 3.06. The number of hydrogen-bond acceptors (Lipinski definition) is 4. The van der Waals surface area contributed by atoms with Crippen LogP contribution in [0.25, 0.3) is 5.65 Å². The van der Waals surface area contributed by atoms with Gasteiger partial charge in [-0.25, -0.2) is 0 Å². The normalized spacial score (nSPS) is 15.4. The first-order valence-corrected chi connectivity index (χ1v) is 7.03. The van der Waals surface area contributed by atoms with Crippen LogP contribution < -0.4 is 0 Å². The molecule has 2 aromatic rings. The van der Waals surface area contributed by atoms with Gasteiger partial charge in [-0.05, 0) is 25.0 Å². The lowest BCUT2D eigenvalue weighted by Crippen LogP contribution is -2.29. The molecule has 0 saturated carbocycles. The first-order chi connectivity index (χ1) is 8.84. The Labute approximate surface area is 109 Å². The van der Waals surface area contributed by atoms with Gasteiger partial charge in [0.2, 0.25) is 5.91 Å². The topological polar surface area (TPSA) is 50.5 Å². The zero-order valence-corrected chi connectivity index (χ0v) is 10.8. The van der Waals surface area contributed by atoms with Gasteiger partial charge < -0.3 is 4.90 Å². The molecule has 0 spiro atoms. The quantitative estimate of drug-likeness (QED) is 0.785. The van der Waals surface area contributed by atoms with E-state index in [2.05, 4.69) is 10.2 Å². The highest BCUT2D eigenvalue weighted by Gasteiger charge is 2.18. The minimum atomic E-state index is 0.199. The number of likely N-dealkylation sites (tertiary alicyclic amines) is 1. The van der Waals surface area contributed by atoms with E-state index >= 15 is 0 Å².